The highest BCUT2D eigenvalue weighted by Crippen LogP contribution is 2.34. The molecule has 2 saturated heterocycles. The number of amides is 1. The van der Waals surface area contributed by atoms with Gasteiger partial charge in [0.1, 0.15) is 11.8 Å². The lowest BCUT2D eigenvalue weighted by Gasteiger charge is -2.40. The van der Waals surface area contributed by atoms with Crippen molar-refractivity contribution in [2.75, 3.05) is 13.1 Å². The lowest BCUT2D eigenvalue weighted by atomic mass is 10.1. The normalized spacial score (nSPS) is 23.5. The molecule has 6 rings (SSSR count). The standard InChI is InChI=1S/C26H29ClN4O2/c27-19-10-8-18(9-11-19)25-23(30-14-4-3-7-24(30)28-25)17-29-15-20-12-13-21(16-29)31(20)26(32)33-22-5-1-2-6-22/h3-4,7-11,14,20-22H,1-2,5-6,12-13,15-17H2. The van der Waals surface area contributed by atoms with Gasteiger partial charge in [-0.2, -0.15) is 0 Å². The SMILES string of the molecule is O=C(OC1CCCC1)N1C2CCC1CN(Cc1c(-c3ccc(Cl)cc3)nc3ccccn13)C2. The number of carbonyl (C=O) groups is 1. The third-order valence-electron chi connectivity index (χ3n) is 7.46. The van der Waals surface area contributed by atoms with Gasteiger partial charge < -0.3 is 9.14 Å². The zero-order valence-corrected chi connectivity index (χ0v) is 19.5. The second-order valence-corrected chi connectivity index (χ2v) is 10.1. The van der Waals surface area contributed by atoms with Crippen molar-refractivity contribution in [2.24, 2.45) is 0 Å². The van der Waals surface area contributed by atoms with Gasteiger partial charge in [-0.25, -0.2) is 9.78 Å². The Bertz CT molecular complexity index is 1140. The summed E-state index contributed by atoms with van der Waals surface area (Å²) in [5, 5.41) is 0.723. The fourth-order valence-electron chi connectivity index (χ4n) is 5.88. The Morgan fingerprint density at radius 1 is 1.00 bits per heavy atom. The van der Waals surface area contributed by atoms with Crippen molar-refractivity contribution in [1.29, 1.82) is 0 Å². The number of carbonyl (C=O) groups excluding carboxylic acids is 1. The van der Waals surface area contributed by atoms with E-state index in [1.165, 1.54) is 18.5 Å². The number of rotatable bonds is 4. The Morgan fingerprint density at radius 2 is 1.73 bits per heavy atom. The zero-order chi connectivity index (χ0) is 22.4. The molecule has 0 radical (unpaired) electrons. The number of imidazole rings is 1. The Balaban J connectivity index is 1.23. The van der Waals surface area contributed by atoms with E-state index in [0.29, 0.717) is 0 Å². The fraction of sp³-hybridized carbons (Fsp3) is 0.462. The summed E-state index contributed by atoms with van der Waals surface area (Å²) in [5.41, 5.74) is 4.18. The van der Waals surface area contributed by atoms with Gasteiger partial charge in [-0.3, -0.25) is 9.80 Å². The lowest BCUT2D eigenvalue weighted by molar-refractivity contribution is 0.0198. The molecule has 1 saturated carbocycles. The number of aromatic nitrogens is 2. The van der Waals surface area contributed by atoms with Gasteiger partial charge in [0.25, 0.3) is 0 Å². The molecule has 1 aromatic carbocycles. The van der Waals surface area contributed by atoms with Crippen LogP contribution >= 0.6 is 11.6 Å². The Kier molecular flexibility index (Phi) is 5.51. The van der Waals surface area contributed by atoms with E-state index in [4.69, 9.17) is 21.3 Å². The first-order chi connectivity index (χ1) is 16.2. The van der Waals surface area contributed by atoms with Crippen LogP contribution in [0.15, 0.2) is 48.7 Å². The van der Waals surface area contributed by atoms with Crippen LogP contribution in [-0.2, 0) is 11.3 Å². The first-order valence-corrected chi connectivity index (χ1v) is 12.5. The predicted molar refractivity (Wildman–Crippen MR) is 128 cm³/mol. The summed E-state index contributed by atoms with van der Waals surface area (Å²) in [5.74, 6) is 0. The summed E-state index contributed by atoms with van der Waals surface area (Å²) in [7, 11) is 0. The highest BCUT2D eigenvalue weighted by molar-refractivity contribution is 6.30. The monoisotopic (exact) mass is 464 g/mol. The van der Waals surface area contributed by atoms with Crippen LogP contribution in [0.2, 0.25) is 5.02 Å². The number of hydrogen-bond acceptors (Lipinski definition) is 4. The molecular formula is C26H29ClN4O2. The van der Waals surface area contributed by atoms with E-state index in [9.17, 15) is 4.79 Å². The minimum atomic E-state index is -0.0919. The number of halogens is 1. The number of benzene rings is 1. The summed E-state index contributed by atoms with van der Waals surface area (Å²) in [4.78, 5) is 22.4. The smallest absolute Gasteiger partial charge is 0.410 e. The number of piperazine rings is 1. The minimum absolute atomic E-state index is 0.0919. The van der Waals surface area contributed by atoms with Gasteiger partial charge >= 0.3 is 6.09 Å². The number of likely N-dealkylation sites (tertiary alicyclic amines) is 1. The Labute approximate surface area is 199 Å². The number of pyridine rings is 1. The average molecular weight is 465 g/mol. The van der Waals surface area contributed by atoms with Gasteiger partial charge in [0.05, 0.1) is 11.4 Å². The summed E-state index contributed by atoms with van der Waals surface area (Å²) < 4.78 is 8.05. The van der Waals surface area contributed by atoms with E-state index in [2.05, 4.69) is 15.5 Å². The minimum Gasteiger partial charge on any atom is -0.446 e. The van der Waals surface area contributed by atoms with Crippen LogP contribution in [0.4, 0.5) is 4.79 Å². The van der Waals surface area contributed by atoms with Crippen molar-refractivity contribution in [3.63, 3.8) is 0 Å². The lowest BCUT2D eigenvalue weighted by Crippen LogP contribution is -2.56. The Morgan fingerprint density at radius 3 is 2.45 bits per heavy atom. The largest absolute Gasteiger partial charge is 0.446 e. The quantitative estimate of drug-likeness (QED) is 0.520. The molecule has 33 heavy (non-hydrogen) atoms. The maximum absolute atomic E-state index is 12.9. The van der Waals surface area contributed by atoms with Crippen LogP contribution in [0.1, 0.15) is 44.2 Å². The topological polar surface area (TPSA) is 50.1 Å². The summed E-state index contributed by atoms with van der Waals surface area (Å²) >= 11 is 6.13. The summed E-state index contributed by atoms with van der Waals surface area (Å²) in [6.07, 6.45) is 8.60. The molecule has 2 aromatic heterocycles. The number of nitrogens with zero attached hydrogens (tertiary/aromatic N) is 4. The number of fused-ring (bicyclic) bond motifs is 3. The van der Waals surface area contributed by atoms with E-state index < -0.39 is 0 Å². The van der Waals surface area contributed by atoms with E-state index in [0.717, 1.165) is 67.2 Å². The molecule has 2 bridgehead atoms. The van der Waals surface area contributed by atoms with Crippen molar-refractivity contribution in [1.82, 2.24) is 19.2 Å². The molecule has 3 aliphatic rings. The Hall–Kier alpha value is -2.57. The molecule has 172 valence electrons. The van der Waals surface area contributed by atoms with Crippen LogP contribution in [-0.4, -0.2) is 56.6 Å². The predicted octanol–water partition coefficient (Wildman–Crippen LogP) is 5.38. The maximum atomic E-state index is 12.9. The molecule has 3 fully saturated rings. The third kappa shape index (κ3) is 4.00. The van der Waals surface area contributed by atoms with Gasteiger partial charge in [-0.05, 0) is 62.8 Å². The van der Waals surface area contributed by atoms with Crippen molar-refractivity contribution in [3.05, 3.63) is 59.4 Å². The van der Waals surface area contributed by atoms with Gasteiger partial charge in [0.15, 0.2) is 0 Å². The van der Waals surface area contributed by atoms with Crippen molar-refractivity contribution >= 4 is 23.3 Å². The molecule has 2 aliphatic heterocycles. The van der Waals surface area contributed by atoms with Crippen LogP contribution in [0.5, 0.6) is 0 Å². The maximum Gasteiger partial charge on any atom is 0.410 e. The second kappa shape index (κ2) is 8.65. The first kappa shape index (κ1) is 21.0. The highest BCUT2D eigenvalue weighted by atomic mass is 35.5. The van der Waals surface area contributed by atoms with Crippen LogP contribution in [0.3, 0.4) is 0 Å². The van der Waals surface area contributed by atoms with Crippen LogP contribution < -0.4 is 0 Å². The molecular weight excluding hydrogens is 436 g/mol. The van der Waals surface area contributed by atoms with Crippen LogP contribution in [0, 0.1) is 0 Å². The van der Waals surface area contributed by atoms with Gasteiger partial charge in [0.2, 0.25) is 0 Å². The van der Waals surface area contributed by atoms with E-state index in [-0.39, 0.29) is 24.3 Å². The second-order valence-electron chi connectivity index (χ2n) is 9.62. The molecule has 4 heterocycles. The zero-order valence-electron chi connectivity index (χ0n) is 18.7. The van der Waals surface area contributed by atoms with Gasteiger partial charge in [-0.15, -0.1) is 0 Å². The molecule has 3 aromatic rings. The average Bonchev–Trinajstić information content (AvgIpc) is 3.52. The molecule has 2 unspecified atom stereocenters. The number of hydrogen-bond donors (Lipinski definition) is 0. The van der Waals surface area contributed by atoms with Crippen molar-refractivity contribution in [2.45, 2.75) is 63.3 Å². The molecule has 2 atom stereocenters. The van der Waals surface area contributed by atoms with Gasteiger partial charge in [0, 0.05) is 48.5 Å². The van der Waals surface area contributed by atoms with Gasteiger partial charge in [-0.1, -0.05) is 29.8 Å². The summed E-state index contributed by atoms with van der Waals surface area (Å²) in [6.45, 7) is 2.54. The van der Waals surface area contributed by atoms with E-state index in [1.807, 2.05) is 47.4 Å². The van der Waals surface area contributed by atoms with Crippen molar-refractivity contribution < 1.29 is 9.53 Å². The van der Waals surface area contributed by atoms with Crippen molar-refractivity contribution in [3.8, 4) is 11.3 Å². The molecule has 0 spiro atoms. The molecule has 1 amide bonds. The van der Waals surface area contributed by atoms with Crippen LogP contribution in [0.25, 0.3) is 16.9 Å². The summed E-state index contributed by atoms with van der Waals surface area (Å²) in [6, 6.07) is 14.5. The first-order valence-electron chi connectivity index (χ1n) is 12.1. The third-order valence-corrected chi connectivity index (χ3v) is 7.71. The molecule has 7 heteroatoms. The number of ether oxygens (including phenoxy) is 1. The molecule has 0 N–H and O–H groups in total. The molecule has 1 aliphatic carbocycles. The fourth-order valence-corrected chi connectivity index (χ4v) is 6.00. The molecule has 6 nitrogen and oxygen atoms in total. The van der Waals surface area contributed by atoms with E-state index >= 15 is 0 Å². The van der Waals surface area contributed by atoms with E-state index in [1.54, 1.807) is 0 Å². The highest BCUT2D eigenvalue weighted by Gasteiger charge is 2.44.